The summed E-state index contributed by atoms with van der Waals surface area (Å²) in [6, 6.07) is 2.49. The third kappa shape index (κ3) is 3.52. The fourth-order valence-corrected chi connectivity index (χ4v) is 2.19. The van der Waals surface area contributed by atoms with Crippen LogP contribution in [0.1, 0.15) is 5.56 Å². The molecule has 0 fully saturated rings. The molecule has 0 radical (unpaired) electrons. The molecule has 15 heavy (non-hydrogen) atoms. The highest BCUT2D eigenvalue weighted by Gasteiger charge is 2.15. The van der Waals surface area contributed by atoms with Crippen LogP contribution in [0.25, 0.3) is 0 Å². The number of ether oxygens (including phenoxy) is 1. The smallest absolute Gasteiger partial charge is 0.236 e. The van der Waals surface area contributed by atoms with Crippen molar-refractivity contribution in [1.29, 1.82) is 0 Å². The lowest BCUT2D eigenvalue weighted by atomic mass is 10.2. The highest BCUT2D eigenvalue weighted by atomic mass is 35.7. The van der Waals surface area contributed by atoms with Crippen LogP contribution in [0.2, 0.25) is 5.02 Å². The zero-order valence-electron chi connectivity index (χ0n) is 7.63. The molecule has 1 rings (SSSR count). The number of halogens is 3. The van der Waals surface area contributed by atoms with Gasteiger partial charge in [0, 0.05) is 22.3 Å². The number of hydrogen-bond acceptors (Lipinski definition) is 3. The fraction of sp³-hybridized carbons (Fsp3) is 0.250. The second-order valence-electron chi connectivity index (χ2n) is 2.77. The minimum absolute atomic E-state index is 0.116. The second-order valence-corrected chi connectivity index (χ2v) is 5.95. The molecule has 0 atom stereocenters. The second kappa shape index (κ2) is 4.55. The predicted octanol–water partition coefficient (Wildman–Crippen LogP) is 2.56. The van der Waals surface area contributed by atoms with Crippen LogP contribution in [0, 0.1) is 5.82 Å². The van der Waals surface area contributed by atoms with Crippen LogP contribution in [0.15, 0.2) is 12.1 Å². The lowest BCUT2D eigenvalue weighted by Gasteiger charge is -2.06. The first-order chi connectivity index (χ1) is 6.83. The third-order valence-electron chi connectivity index (χ3n) is 1.64. The Kier molecular flexibility index (Phi) is 3.81. The summed E-state index contributed by atoms with van der Waals surface area (Å²) >= 11 is 5.53. The third-order valence-corrected chi connectivity index (χ3v) is 2.90. The van der Waals surface area contributed by atoms with Gasteiger partial charge < -0.3 is 4.74 Å². The van der Waals surface area contributed by atoms with Crippen molar-refractivity contribution in [3.8, 4) is 5.75 Å². The minimum atomic E-state index is -3.82. The van der Waals surface area contributed by atoms with E-state index in [4.69, 9.17) is 27.0 Å². The van der Waals surface area contributed by atoms with Crippen LogP contribution in [0.4, 0.5) is 4.39 Å². The molecule has 0 heterocycles. The Morgan fingerprint density at radius 1 is 1.47 bits per heavy atom. The molecule has 0 saturated heterocycles. The molecule has 1 aromatic carbocycles. The van der Waals surface area contributed by atoms with E-state index >= 15 is 0 Å². The number of rotatable bonds is 3. The molecule has 0 spiro atoms. The van der Waals surface area contributed by atoms with Crippen molar-refractivity contribution in [3.63, 3.8) is 0 Å². The first kappa shape index (κ1) is 12.5. The lowest BCUT2D eigenvalue weighted by molar-refractivity contribution is 0.413. The summed E-state index contributed by atoms with van der Waals surface area (Å²) in [5, 5.41) is -0.204. The molecule has 0 unspecified atom stereocenters. The van der Waals surface area contributed by atoms with Crippen LogP contribution in [0.5, 0.6) is 5.75 Å². The summed E-state index contributed by atoms with van der Waals surface area (Å²) < 4.78 is 39.7. The molecule has 3 nitrogen and oxygen atoms in total. The molecule has 0 aromatic heterocycles. The maximum absolute atomic E-state index is 13.3. The first-order valence-electron chi connectivity index (χ1n) is 3.77. The van der Waals surface area contributed by atoms with Crippen molar-refractivity contribution in [3.05, 3.63) is 28.5 Å². The van der Waals surface area contributed by atoms with Crippen molar-refractivity contribution < 1.29 is 17.5 Å². The maximum Gasteiger partial charge on any atom is 0.236 e. The van der Waals surface area contributed by atoms with E-state index in [2.05, 4.69) is 0 Å². The Balaban J connectivity index is 3.22. The number of hydrogen-bond donors (Lipinski definition) is 0. The maximum atomic E-state index is 13.3. The summed E-state index contributed by atoms with van der Waals surface area (Å²) in [4.78, 5) is 0. The molecule has 0 aliphatic rings. The van der Waals surface area contributed by atoms with E-state index < -0.39 is 20.6 Å². The Labute approximate surface area is 96.2 Å². The van der Waals surface area contributed by atoms with Crippen LogP contribution in [0.3, 0.4) is 0 Å². The van der Waals surface area contributed by atoms with E-state index in [1.807, 2.05) is 0 Å². The van der Waals surface area contributed by atoms with Crippen LogP contribution >= 0.6 is 22.3 Å². The molecule has 0 saturated carbocycles. The van der Waals surface area contributed by atoms with Gasteiger partial charge in [-0.15, -0.1) is 0 Å². The number of methoxy groups -OCH3 is 1. The Morgan fingerprint density at radius 2 is 2.07 bits per heavy atom. The molecule has 1 aromatic rings. The molecule has 7 heteroatoms. The van der Waals surface area contributed by atoms with E-state index in [-0.39, 0.29) is 16.3 Å². The van der Waals surface area contributed by atoms with Gasteiger partial charge in [0.25, 0.3) is 0 Å². The average Bonchev–Trinajstić information content (AvgIpc) is 2.10. The summed E-state index contributed by atoms with van der Waals surface area (Å²) in [6.07, 6.45) is 0. The van der Waals surface area contributed by atoms with Crippen molar-refractivity contribution in [2.24, 2.45) is 0 Å². The summed E-state index contributed by atoms with van der Waals surface area (Å²) in [5.74, 6) is -1.16. The molecule has 0 bridgehead atoms. The van der Waals surface area contributed by atoms with E-state index in [0.29, 0.717) is 0 Å². The molecule has 0 N–H and O–H groups in total. The van der Waals surface area contributed by atoms with Gasteiger partial charge in [0.2, 0.25) is 9.05 Å². The summed E-state index contributed by atoms with van der Waals surface area (Å²) in [6.45, 7) is 0. The minimum Gasteiger partial charge on any atom is -0.497 e. The normalized spacial score (nSPS) is 11.5. The van der Waals surface area contributed by atoms with E-state index in [0.717, 1.165) is 0 Å². The summed E-state index contributed by atoms with van der Waals surface area (Å²) in [7, 11) is 2.55. The average molecular weight is 273 g/mol. The Bertz CT molecular complexity index is 473. The van der Waals surface area contributed by atoms with Crippen molar-refractivity contribution >= 4 is 31.3 Å². The van der Waals surface area contributed by atoms with Gasteiger partial charge in [0.15, 0.2) is 0 Å². The molecular weight excluding hydrogens is 266 g/mol. The molecular formula is C8H7Cl2FO3S. The van der Waals surface area contributed by atoms with Crippen LogP contribution in [-0.2, 0) is 14.8 Å². The van der Waals surface area contributed by atoms with Crippen LogP contribution in [-0.4, -0.2) is 15.5 Å². The van der Waals surface area contributed by atoms with E-state index in [1.54, 1.807) is 0 Å². The molecule has 0 aliphatic heterocycles. The van der Waals surface area contributed by atoms with Gasteiger partial charge in [-0.25, -0.2) is 12.8 Å². The van der Waals surface area contributed by atoms with Gasteiger partial charge in [-0.2, -0.15) is 0 Å². The van der Waals surface area contributed by atoms with Gasteiger partial charge in [0.05, 0.1) is 17.9 Å². The van der Waals surface area contributed by atoms with Crippen molar-refractivity contribution in [2.75, 3.05) is 7.11 Å². The Hall–Kier alpha value is -0.520. The molecule has 84 valence electrons. The highest BCUT2D eigenvalue weighted by molar-refractivity contribution is 8.13. The van der Waals surface area contributed by atoms with Gasteiger partial charge in [-0.1, -0.05) is 11.6 Å². The van der Waals surface area contributed by atoms with Gasteiger partial charge >= 0.3 is 0 Å². The van der Waals surface area contributed by atoms with Crippen LogP contribution < -0.4 is 4.74 Å². The Morgan fingerprint density at radius 3 is 2.53 bits per heavy atom. The zero-order valence-corrected chi connectivity index (χ0v) is 9.96. The molecule has 0 amide bonds. The standard InChI is InChI=1S/C8H7Cl2FO3S/c1-14-6-2-5(4-15(10,12)13)8(11)7(9)3-6/h2-3H,4H2,1H3. The molecule has 0 aliphatic carbocycles. The monoisotopic (exact) mass is 272 g/mol. The SMILES string of the molecule is COc1cc(Cl)c(F)c(CS(=O)(=O)Cl)c1. The first-order valence-corrected chi connectivity index (χ1v) is 6.63. The zero-order chi connectivity index (χ0) is 11.6. The largest absolute Gasteiger partial charge is 0.497 e. The number of benzene rings is 1. The lowest BCUT2D eigenvalue weighted by Crippen LogP contribution is -2.00. The topological polar surface area (TPSA) is 43.4 Å². The quantitative estimate of drug-likeness (QED) is 0.795. The van der Waals surface area contributed by atoms with Gasteiger partial charge in [0.1, 0.15) is 11.6 Å². The fourth-order valence-electron chi connectivity index (χ4n) is 1.03. The van der Waals surface area contributed by atoms with E-state index in [1.165, 1.54) is 19.2 Å². The summed E-state index contributed by atoms with van der Waals surface area (Å²) in [5.41, 5.74) is -0.116. The van der Waals surface area contributed by atoms with Crippen molar-refractivity contribution in [2.45, 2.75) is 5.75 Å². The van der Waals surface area contributed by atoms with Gasteiger partial charge in [-0.05, 0) is 6.07 Å². The van der Waals surface area contributed by atoms with E-state index in [9.17, 15) is 12.8 Å². The van der Waals surface area contributed by atoms with Gasteiger partial charge in [-0.3, -0.25) is 0 Å². The van der Waals surface area contributed by atoms with Crippen molar-refractivity contribution in [1.82, 2.24) is 0 Å². The highest BCUT2D eigenvalue weighted by Crippen LogP contribution is 2.27. The predicted molar refractivity (Wildman–Crippen MR) is 56.4 cm³/mol.